The van der Waals surface area contributed by atoms with Gasteiger partial charge in [-0.1, -0.05) is 6.92 Å². The molecule has 21 atom stereocenters. The molecule has 0 aliphatic carbocycles. The van der Waals surface area contributed by atoms with Crippen LogP contribution in [0.2, 0.25) is 0 Å². The van der Waals surface area contributed by atoms with E-state index in [1.54, 1.807) is 0 Å². The van der Waals surface area contributed by atoms with Gasteiger partial charge in [0.2, 0.25) is 5.91 Å². The molecule has 4 fully saturated rings. The number of aliphatic hydroxyl groups excluding tert-OH is 13. The Kier molecular flexibility index (Phi) is 15.4. The van der Waals surface area contributed by atoms with Crippen LogP contribution in [0.15, 0.2) is 0 Å². The van der Waals surface area contributed by atoms with E-state index in [4.69, 9.17) is 33.2 Å². The highest BCUT2D eigenvalue weighted by molar-refractivity contribution is 5.76. The second-order valence-electron chi connectivity index (χ2n) is 13.7. The fourth-order valence-corrected chi connectivity index (χ4v) is 6.71. The standard InChI is InChI=1S/C30H51NO23/c1-8-10(36)3-30(29(46)47,54-23(8)16(38)11(37)4-32)48-7-14-18(40)20(42)22(44)28(51-14)52-24-13(6-34)50-27(15(19(24)41)31-9(2)35)53-25-21(43)17(39)12(5-33)49-26(25)45/h8,10-28,32-34,36-45H,3-7H2,1-2H3,(H,31,35)(H,46,47)/t8?,10?,11-,12?,13?,14?,15?,16?,17?,18?,19?,20?,21?,22?,23?,24?,25?,26?,27?,28?,30?/m1/s1. The third-order valence-corrected chi connectivity index (χ3v) is 9.97. The number of carboxylic acid groups (broad SMARTS) is 1. The van der Waals surface area contributed by atoms with Crippen molar-refractivity contribution in [1.29, 1.82) is 0 Å². The molecule has 314 valence electrons. The van der Waals surface area contributed by atoms with Gasteiger partial charge in [0, 0.05) is 19.3 Å². The van der Waals surface area contributed by atoms with Gasteiger partial charge in [-0.25, -0.2) is 4.79 Å². The van der Waals surface area contributed by atoms with Gasteiger partial charge in [-0.05, 0) is 0 Å². The molecular weight excluding hydrogens is 742 g/mol. The van der Waals surface area contributed by atoms with Crippen molar-refractivity contribution in [3.63, 3.8) is 0 Å². The number of aliphatic carboxylic acids is 1. The van der Waals surface area contributed by atoms with Crippen molar-refractivity contribution in [1.82, 2.24) is 5.32 Å². The molecule has 0 aromatic rings. The van der Waals surface area contributed by atoms with Gasteiger partial charge in [-0.3, -0.25) is 4.79 Å². The second kappa shape index (κ2) is 18.6. The number of ether oxygens (including phenoxy) is 7. The molecule has 0 aromatic carbocycles. The lowest BCUT2D eigenvalue weighted by Gasteiger charge is -2.49. The topological polar surface area (TPSA) is 394 Å². The molecule has 20 unspecified atom stereocenters. The maximum atomic E-state index is 12.4. The van der Waals surface area contributed by atoms with Gasteiger partial charge >= 0.3 is 5.97 Å². The van der Waals surface area contributed by atoms with Gasteiger partial charge in [0.25, 0.3) is 5.79 Å². The number of carbonyl (C=O) groups excluding carboxylic acids is 1. The monoisotopic (exact) mass is 793 g/mol. The smallest absolute Gasteiger partial charge is 0.364 e. The Morgan fingerprint density at radius 1 is 0.778 bits per heavy atom. The van der Waals surface area contributed by atoms with E-state index in [-0.39, 0.29) is 0 Å². The molecule has 0 saturated carbocycles. The van der Waals surface area contributed by atoms with Crippen molar-refractivity contribution in [2.24, 2.45) is 5.92 Å². The van der Waals surface area contributed by atoms with Gasteiger partial charge in [0.1, 0.15) is 85.4 Å². The van der Waals surface area contributed by atoms with Crippen molar-refractivity contribution in [2.75, 3.05) is 26.4 Å². The molecule has 24 heteroatoms. The first-order valence-electron chi connectivity index (χ1n) is 17.0. The molecule has 4 aliphatic heterocycles. The third kappa shape index (κ3) is 9.29. The van der Waals surface area contributed by atoms with E-state index in [1.165, 1.54) is 6.92 Å². The van der Waals surface area contributed by atoms with Crippen LogP contribution in [-0.4, -0.2) is 232 Å². The minimum atomic E-state index is -2.75. The molecule has 24 nitrogen and oxygen atoms in total. The van der Waals surface area contributed by atoms with Crippen LogP contribution in [0, 0.1) is 5.92 Å². The molecule has 4 heterocycles. The first-order valence-corrected chi connectivity index (χ1v) is 17.0. The summed E-state index contributed by atoms with van der Waals surface area (Å²) in [5.74, 6) is -6.32. The summed E-state index contributed by atoms with van der Waals surface area (Å²) in [4.78, 5) is 24.6. The highest BCUT2D eigenvalue weighted by Crippen LogP contribution is 2.38. The molecule has 0 aromatic heterocycles. The first kappa shape index (κ1) is 44.8. The molecule has 4 rings (SSSR count). The molecule has 15 N–H and O–H groups in total. The largest absolute Gasteiger partial charge is 0.477 e. The van der Waals surface area contributed by atoms with Crippen molar-refractivity contribution < 1.29 is 114 Å². The Hall–Kier alpha value is -1.86. The SMILES string of the molecule is CC(=O)NC1C(OC2C(O)OC(CO)C(O)C2O)OC(CO)C(OC2OC(COC3(C(=O)O)CC(O)C(C)C(C(O)[C@H](O)CO)O3)C(O)C(O)C2O)C1O. The Morgan fingerprint density at radius 2 is 1.37 bits per heavy atom. The van der Waals surface area contributed by atoms with Crippen molar-refractivity contribution in [3.05, 3.63) is 0 Å². The van der Waals surface area contributed by atoms with Gasteiger partial charge in [0.05, 0.1) is 38.6 Å². The van der Waals surface area contributed by atoms with Crippen molar-refractivity contribution in [2.45, 2.75) is 143 Å². The summed E-state index contributed by atoms with van der Waals surface area (Å²) in [5, 5.41) is 147. The number of hydrogen-bond donors (Lipinski definition) is 15. The van der Waals surface area contributed by atoms with Crippen LogP contribution in [0.1, 0.15) is 20.3 Å². The van der Waals surface area contributed by atoms with Crippen LogP contribution < -0.4 is 5.32 Å². The van der Waals surface area contributed by atoms with Crippen LogP contribution in [-0.2, 0) is 42.7 Å². The third-order valence-electron chi connectivity index (χ3n) is 9.97. The van der Waals surface area contributed by atoms with E-state index in [9.17, 15) is 81.1 Å². The lowest BCUT2D eigenvalue weighted by Crippen LogP contribution is -2.69. The lowest BCUT2D eigenvalue weighted by molar-refractivity contribution is -0.373. The van der Waals surface area contributed by atoms with E-state index in [2.05, 4.69) is 5.32 Å². The molecule has 54 heavy (non-hydrogen) atoms. The average Bonchev–Trinajstić information content (AvgIpc) is 3.13. The summed E-state index contributed by atoms with van der Waals surface area (Å²) >= 11 is 0. The van der Waals surface area contributed by atoms with Crippen LogP contribution in [0.25, 0.3) is 0 Å². The molecule has 0 radical (unpaired) electrons. The van der Waals surface area contributed by atoms with Crippen molar-refractivity contribution >= 4 is 11.9 Å². The molecular formula is C30H51NO23. The molecule has 0 spiro atoms. The Labute approximate surface area is 306 Å². The minimum absolute atomic E-state index is 0.741. The maximum absolute atomic E-state index is 12.4. The second-order valence-corrected chi connectivity index (χ2v) is 13.7. The van der Waals surface area contributed by atoms with E-state index in [0.29, 0.717) is 0 Å². The number of rotatable bonds is 14. The normalized spacial score (nSPS) is 47.1. The number of amides is 1. The van der Waals surface area contributed by atoms with Gasteiger partial charge in [-0.15, -0.1) is 0 Å². The number of carboxylic acids is 1. The zero-order valence-electron chi connectivity index (χ0n) is 29.0. The van der Waals surface area contributed by atoms with Gasteiger partial charge in [0.15, 0.2) is 18.9 Å². The Bertz CT molecular complexity index is 1240. The number of aliphatic hydroxyl groups is 13. The summed E-state index contributed by atoms with van der Waals surface area (Å²) < 4.78 is 38.7. The Morgan fingerprint density at radius 3 is 1.94 bits per heavy atom. The Balaban J connectivity index is 1.52. The average molecular weight is 794 g/mol. The summed E-state index contributed by atoms with van der Waals surface area (Å²) in [6, 6.07) is -1.64. The number of carbonyl (C=O) groups is 2. The quantitative estimate of drug-likeness (QED) is 0.0776. The fraction of sp³-hybridized carbons (Fsp3) is 0.933. The predicted octanol–water partition coefficient (Wildman–Crippen LogP) is -9.12. The van der Waals surface area contributed by atoms with Gasteiger partial charge in [-0.2, -0.15) is 0 Å². The van der Waals surface area contributed by atoms with Crippen LogP contribution in [0.5, 0.6) is 0 Å². The fourth-order valence-electron chi connectivity index (χ4n) is 6.71. The zero-order valence-corrected chi connectivity index (χ0v) is 29.0. The highest BCUT2D eigenvalue weighted by atomic mass is 16.8. The highest BCUT2D eigenvalue weighted by Gasteiger charge is 2.57. The summed E-state index contributed by atoms with van der Waals surface area (Å²) in [7, 11) is 0. The van der Waals surface area contributed by atoms with E-state index in [0.717, 1.165) is 6.92 Å². The predicted molar refractivity (Wildman–Crippen MR) is 166 cm³/mol. The van der Waals surface area contributed by atoms with E-state index >= 15 is 0 Å². The van der Waals surface area contributed by atoms with Crippen LogP contribution in [0.3, 0.4) is 0 Å². The zero-order chi connectivity index (χ0) is 40.4. The van der Waals surface area contributed by atoms with E-state index < -0.39 is 173 Å². The van der Waals surface area contributed by atoms with Crippen LogP contribution >= 0.6 is 0 Å². The molecule has 0 bridgehead atoms. The summed E-state index contributed by atoms with van der Waals surface area (Å²) in [6.45, 7) is -1.24. The molecule has 1 amide bonds. The summed E-state index contributed by atoms with van der Waals surface area (Å²) in [6.07, 6.45) is -33.4. The van der Waals surface area contributed by atoms with Crippen molar-refractivity contribution in [3.8, 4) is 0 Å². The summed E-state index contributed by atoms with van der Waals surface area (Å²) in [5.41, 5.74) is 0. The number of hydrogen-bond acceptors (Lipinski definition) is 22. The van der Waals surface area contributed by atoms with Crippen LogP contribution in [0.4, 0.5) is 0 Å². The first-order chi connectivity index (χ1) is 25.3. The molecule has 4 saturated heterocycles. The lowest BCUT2D eigenvalue weighted by atomic mass is 9.84. The maximum Gasteiger partial charge on any atom is 0.364 e. The number of nitrogens with one attached hydrogen (secondary N) is 1. The minimum Gasteiger partial charge on any atom is -0.477 e. The van der Waals surface area contributed by atoms with Gasteiger partial charge < -0.3 is 110 Å². The van der Waals surface area contributed by atoms with E-state index in [1.807, 2.05) is 0 Å². The molecule has 4 aliphatic rings.